The fourth-order valence-corrected chi connectivity index (χ4v) is 2.08. The first-order chi connectivity index (χ1) is 12.4. The van der Waals surface area contributed by atoms with Gasteiger partial charge in [-0.2, -0.15) is 5.10 Å². The summed E-state index contributed by atoms with van der Waals surface area (Å²) in [5.74, 6) is -0.113. The number of hydrogen-bond acceptors (Lipinski definition) is 7. The van der Waals surface area contributed by atoms with Crippen molar-refractivity contribution in [2.24, 2.45) is 5.10 Å². The summed E-state index contributed by atoms with van der Waals surface area (Å²) in [7, 11) is 2.87. The van der Waals surface area contributed by atoms with E-state index in [4.69, 9.17) is 19.9 Å². The Balaban J connectivity index is 2.17. The van der Waals surface area contributed by atoms with E-state index >= 15 is 0 Å². The number of carbonyl (C=O) groups excluding carboxylic acids is 2. The summed E-state index contributed by atoms with van der Waals surface area (Å²) in [5.41, 5.74) is 9.57. The average Bonchev–Trinajstić information content (AvgIpc) is 2.62. The molecule has 2 aromatic rings. The van der Waals surface area contributed by atoms with Crippen molar-refractivity contribution in [1.82, 2.24) is 5.43 Å². The summed E-state index contributed by atoms with van der Waals surface area (Å²) in [6, 6.07) is 9.64. The summed E-state index contributed by atoms with van der Waals surface area (Å²) in [6.07, 6.45) is 1.41. The molecule has 1 amide bonds. The molecule has 0 fully saturated rings. The molecule has 8 heteroatoms. The van der Waals surface area contributed by atoms with Crippen LogP contribution in [0.2, 0.25) is 0 Å². The zero-order valence-corrected chi connectivity index (χ0v) is 14.6. The number of nitrogens with zero attached hydrogens (tertiary/aromatic N) is 1. The summed E-state index contributed by atoms with van der Waals surface area (Å²) < 4.78 is 15.5. The highest BCUT2D eigenvalue weighted by Crippen LogP contribution is 2.38. The third kappa shape index (κ3) is 4.73. The summed E-state index contributed by atoms with van der Waals surface area (Å²) in [5, 5.41) is 3.91. The Morgan fingerprint density at radius 3 is 2.15 bits per heavy atom. The Labute approximate surface area is 150 Å². The molecule has 0 aliphatic heterocycles. The molecule has 2 rings (SSSR count). The molecule has 0 aliphatic rings. The van der Waals surface area contributed by atoms with Crippen LogP contribution in [0.25, 0.3) is 0 Å². The topological polar surface area (TPSA) is 112 Å². The average molecular weight is 357 g/mol. The number of hydrogen-bond donors (Lipinski definition) is 2. The van der Waals surface area contributed by atoms with E-state index in [0.717, 1.165) is 0 Å². The molecule has 0 bridgehead atoms. The molecule has 0 spiro atoms. The highest BCUT2D eigenvalue weighted by Gasteiger charge is 2.15. The van der Waals surface area contributed by atoms with Crippen LogP contribution in [0.3, 0.4) is 0 Å². The zero-order chi connectivity index (χ0) is 19.1. The molecule has 0 radical (unpaired) electrons. The first kappa shape index (κ1) is 18.8. The molecule has 8 nitrogen and oxygen atoms in total. The highest BCUT2D eigenvalue weighted by atomic mass is 16.6. The Kier molecular flexibility index (Phi) is 6.15. The number of nitrogens with two attached hydrogens (primary N) is 1. The lowest BCUT2D eigenvalue weighted by Gasteiger charge is -2.13. The van der Waals surface area contributed by atoms with Crippen molar-refractivity contribution >= 4 is 23.8 Å². The Morgan fingerprint density at radius 2 is 1.65 bits per heavy atom. The number of carbonyl (C=O) groups is 2. The van der Waals surface area contributed by atoms with E-state index in [0.29, 0.717) is 28.3 Å². The van der Waals surface area contributed by atoms with Gasteiger partial charge in [-0.05, 0) is 36.4 Å². The van der Waals surface area contributed by atoms with Crippen LogP contribution in [-0.2, 0) is 4.79 Å². The van der Waals surface area contributed by atoms with Gasteiger partial charge in [-0.15, -0.1) is 0 Å². The Morgan fingerprint density at radius 1 is 1.08 bits per heavy atom. The van der Waals surface area contributed by atoms with Crippen molar-refractivity contribution in [3.8, 4) is 17.2 Å². The van der Waals surface area contributed by atoms with Crippen LogP contribution in [0, 0.1) is 0 Å². The number of methoxy groups -OCH3 is 2. The number of nitrogen functional groups attached to an aromatic ring is 1. The molecule has 0 aliphatic carbocycles. The third-order valence-corrected chi connectivity index (χ3v) is 3.28. The number of ether oxygens (including phenoxy) is 3. The molecule has 0 saturated heterocycles. The van der Waals surface area contributed by atoms with Crippen LogP contribution in [0.15, 0.2) is 41.5 Å². The third-order valence-electron chi connectivity index (χ3n) is 3.28. The van der Waals surface area contributed by atoms with Gasteiger partial charge >= 0.3 is 5.97 Å². The van der Waals surface area contributed by atoms with E-state index in [1.807, 2.05) is 0 Å². The van der Waals surface area contributed by atoms with Gasteiger partial charge in [-0.3, -0.25) is 9.59 Å². The molecule has 26 heavy (non-hydrogen) atoms. The van der Waals surface area contributed by atoms with Crippen LogP contribution < -0.4 is 25.4 Å². The molecule has 2 aromatic carbocycles. The SMILES string of the molecule is COc1cc(C=NNC(=O)c2ccc(N)cc2)cc(OC)c1OC(C)=O. The molecular formula is C18H19N3O5. The molecule has 0 aromatic heterocycles. The fraction of sp³-hybridized carbons (Fsp3) is 0.167. The number of anilines is 1. The van der Waals surface area contributed by atoms with E-state index in [1.165, 1.54) is 27.4 Å². The first-order valence-corrected chi connectivity index (χ1v) is 7.58. The van der Waals surface area contributed by atoms with E-state index in [1.54, 1.807) is 36.4 Å². The molecule has 3 N–H and O–H groups in total. The van der Waals surface area contributed by atoms with Gasteiger partial charge in [0.15, 0.2) is 11.5 Å². The predicted octanol–water partition coefficient (Wildman–Crippen LogP) is 1.98. The van der Waals surface area contributed by atoms with Crippen LogP contribution in [0.5, 0.6) is 17.2 Å². The molecule has 0 heterocycles. The normalized spacial score (nSPS) is 10.4. The maximum atomic E-state index is 12.0. The minimum atomic E-state index is -0.501. The lowest BCUT2D eigenvalue weighted by atomic mass is 10.2. The van der Waals surface area contributed by atoms with Crippen LogP contribution >= 0.6 is 0 Å². The molecular weight excluding hydrogens is 338 g/mol. The summed E-state index contributed by atoms with van der Waals surface area (Å²) in [6.45, 7) is 1.28. The monoisotopic (exact) mass is 357 g/mol. The summed E-state index contributed by atoms with van der Waals surface area (Å²) >= 11 is 0. The number of benzene rings is 2. The van der Waals surface area contributed by atoms with E-state index in [2.05, 4.69) is 10.5 Å². The highest BCUT2D eigenvalue weighted by molar-refractivity contribution is 5.95. The maximum Gasteiger partial charge on any atom is 0.308 e. The fourth-order valence-electron chi connectivity index (χ4n) is 2.08. The number of hydrazone groups is 1. The molecule has 136 valence electrons. The molecule has 0 saturated carbocycles. The van der Waals surface area contributed by atoms with Crippen molar-refractivity contribution in [2.75, 3.05) is 20.0 Å². The molecule has 0 unspecified atom stereocenters. The zero-order valence-electron chi connectivity index (χ0n) is 14.6. The van der Waals surface area contributed by atoms with Gasteiger partial charge in [0, 0.05) is 23.7 Å². The predicted molar refractivity (Wildman–Crippen MR) is 96.8 cm³/mol. The van der Waals surface area contributed by atoms with Gasteiger partial charge < -0.3 is 19.9 Å². The van der Waals surface area contributed by atoms with Crippen LogP contribution in [0.4, 0.5) is 5.69 Å². The molecule has 0 atom stereocenters. The van der Waals surface area contributed by atoms with Gasteiger partial charge in [-0.25, -0.2) is 5.43 Å². The lowest BCUT2D eigenvalue weighted by molar-refractivity contribution is -0.132. The van der Waals surface area contributed by atoms with E-state index < -0.39 is 5.97 Å². The van der Waals surface area contributed by atoms with Gasteiger partial charge in [0.25, 0.3) is 5.91 Å². The van der Waals surface area contributed by atoms with Crippen molar-refractivity contribution < 1.29 is 23.8 Å². The minimum Gasteiger partial charge on any atom is -0.493 e. The minimum absolute atomic E-state index is 0.172. The Bertz CT molecular complexity index is 806. The largest absolute Gasteiger partial charge is 0.493 e. The van der Waals surface area contributed by atoms with Crippen molar-refractivity contribution in [3.63, 3.8) is 0 Å². The van der Waals surface area contributed by atoms with Crippen molar-refractivity contribution in [1.29, 1.82) is 0 Å². The van der Waals surface area contributed by atoms with E-state index in [9.17, 15) is 9.59 Å². The van der Waals surface area contributed by atoms with Crippen LogP contribution in [-0.4, -0.2) is 32.3 Å². The maximum absolute atomic E-state index is 12.0. The Hall–Kier alpha value is -3.55. The standard InChI is InChI=1S/C18H19N3O5/c1-11(22)26-17-15(24-2)8-12(9-16(17)25-3)10-20-21-18(23)13-4-6-14(19)7-5-13/h4-10H,19H2,1-3H3,(H,21,23). The second-order valence-electron chi connectivity index (χ2n) is 5.17. The first-order valence-electron chi connectivity index (χ1n) is 7.58. The van der Waals surface area contributed by atoms with Gasteiger partial charge in [0.05, 0.1) is 20.4 Å². The van der Waals surface area contributed by atoms with Crippen molar-refractivity contribution in [3.05, 3.63) is 47.5 Å². The number of nitrogens with one attached hydrogen (secondary N) is 1. The van der Waals surface area contributed by atoms with Crippen LogP contribution in [0.1, 0.15) is 22.8 Å². The van der Waals surface area contributed by atoms with E-state index in [-0.39, 0.29) is 11.7 Å². The lowest BCUT2D eigenvalue weighted by Crippen LogP contribution is -2.17. The quantitative estimate of drug-likeness (QED) is 0.269. The number of esters is 1. The van der Waals surface area contributed by atoms with Gasteiger partial charge in [0.1, 0.15) is 0 Å². The van der Waals surface area contributed by atoms with Gasteiger partial charge in [-0.1, -0.05) is 0 Å². The van der Waals surface area contributed by atoms with Gasteiger partial charge in [0.2, 0.25) is 5.75 Å². The number of rotatable bonds is 6. The second-order valence-corrected chi connectivity index (χ2v) is 5.17. The van der Waals surface area contributed by atoms with Crippen molar-refractivity contribution in [2.45, 2.75) is 6.92 Å². The number of amides is 1. The smallest absolute Gasteiger partial charge is 0.308 e. The summed E-state index contributed by atoms with van der Waals surface area (Å²) in [4.78, 5) is 23.2. The second kappa shape index (κ2) is 8.52.